The Hall–Kier alpha value is -1.02. The average molecular weight is 334 g/mol. The molecule has 6 nitrogen and oxygen atoms in total. The number of sulfonamides is 1. The smallest absolute Gasteiger partial charge is 0.243 e. The predicted octanol–water partition coefficient (Wildman–Crippen LogP) is 1.09. The number of morpholine rings is 1. The molecule has 0 spiro atoms. The fraction of sp³-hybridized carbons (Fsp3) is 0.538. The monoisotopic (exact) mass is 333 g/mol. The molecule has 2 aliphatic heterocycles. The van der Waals surface area contributed by atoms with E-state index in [4.69, 9.17) is 25.8 Å². The minimum Gasteiger partial charge on any atom is -0.486 e. The Bertz CT molecular complexity index is 621. The zero-order chi connectivity index (χ0) is 14.9. The molecule has 1 unspecified atom stereocenters. The molecule has 0 radical (unpaired) electrons. The Kier molecular flexibility index (Phi) is 4.26. The van der Waals surface area contributed by atoms with Crippen LogP contribution >= 0.6 is 11.6 Å². The normalized spacial score (nSPS) is 23.0. The molecule has 2 aliphatic rings. The first-order valence-electron chi connectivity index (χ1n) is 6.68. The molecule has 1 atom stereocenters. The van der Waals surface area contributed by atoms with Crippen molar-refractivity contribution in [1.82, 2.24) is 4.31 Å². The van der Waals surface area contributed by atoms with Gasteiger partial charge in [0, 0.05) is 25.0 Å². The second-order valence-electron chi connectivity index (χ2n) is 4.82. The molecule has 21 heavy (non-hydrogen) atoms. The molecule has 0 saturated carbocycles. The summed E-state index contributed by atoms with van der Waals surface area (Å²) in [5.74, 6) is 1.30. The van der Waals surface area contributed by atoms with E-state index in [0.29, 0.717) is 37.9 Å². The Morgan fingerprint density at radius 1 is 1.19 bits per heavy atom. The van der Waals surface area contributed by atoms with Crippen LogP contribution in [0, 0.1) is 0 Å². The van der Waals surface area contributed by atoms with E-state index in [1.807, 2.05) is 0 Å². The van der Waals surface area contributed by atoms with Crippen molar-refractivity contribution in [3.05, 3.63) is 18.2 Å². The van der Waals surface area contributed by atoms with Gasteiger partial charge in [-0.1, -0.05) is 0 Å². The predicted molar refractivity (Wildman–Crippen MR) is 76.7 cm³/mol. The SMILES string of the molecule is O=S(=O)(c1ccc2c(c1)OCCO2)N1CCOC(CCl)C1. The molecule has 3 rings (SSSR count). The lowest BCUT2D eigenvalue weighted by molar-refractivity contribution is 0.0122. The molecular formula is C13H16ClNO5S. The van der Waals surface area contributed by atoms with Crippen LogP contribution in [-0.4, -0.2) is 57.6 Å². The third kappa shape index (κ3) is 2.96. The highest BCUT2D eigenvalue weighted by Gasteiger charge is 2.31. The van der Waals surface area contributed by atoms with Gasteiger partial charge in [0.25, 0.3) is 0 Å². The lowest BCUT2D eigenvalue weighted by Gasteiger charge is -2.31. The highest BCUT2D eigenvalue weighted by Crippen LogP contribution is 2.33. The number of ether oxygens (including phenoxy) is 3. The summed E-state index contributed by atoms with van der Waals surface area (Å²) in [5, 5.41) is 0. The molecule has 2 heterocycles. The first-order valence-corrected chi connectivity index (χ1v) is 8.66. The molecule has 1 saturated heterocycles. The minimum absolute atomic E-state index is 0.196. The van der Waals surface area contributed by atoms with Crippen molar-refractivity contribution in [3.8, 4) is 11.5 Å². The Labute approximate surface area is 128 Å². The number of halogens is 1. The van der Waals surface area contributed by atoms with Crippen LogP contribution in [0.15, 0.2) is 23.1 Å². The van der Waals surface area contributed by atoms with Crippen molar-refractivity contribution < 1.29 is 22.6 Å². The van der Waals surface area contributed by atoms with Crippen LogP contribution in [0.5, 0.6) is 11.5 Å². The van der Waals surface area contributed by atoms with Gasteiger partial charge in [0.1, 0.15) is 13.2 Å². The van der Waals surface area contributed by atoms with Gasteiger partial charge in [0.2, 0.25) is 10.0 Å². The topological polar surface area (TPSA) is 65.1 Å². The van der Waals surface area contributed by atoms with Crippen LogP contribution in [0.2, 0.25) is 0 Å². The third-order valence-corrected chi connectivity index (χ3v) is 5.63. The van der Waals surface area contributed by atoms with Crippen LogP contribution in [0.1, 0.15) is 0 Å². The van der Waals surface area contributed by atoms with Gasteiger partial charge in [0.05, 0.1) is 17.6 Å². The summed E-state index contributed by atoms with van der Waals surface area (Å²) >= 11 is 5.75. The van der Waals surface area contributed by atoms with Crippen LogP contribution in [0.25, 0.3) is 0 Å². The van der Waals surface area contributed by atoms with E-state index in [1.165, 1.54) is 16.4 Å². The Balaban J connectivity index is 1.87. The summed E-state index contributed by atoms with van der Waals surface area (Å²) in [5.41, 5.74) is 0. The summed E-state index contributed by atoms with van der Waals surface area (Å²) in [6.45, 7) is 1.83. The summed E-state index contributed by atoms with van der Waals surface area (Å²) in [6, 6.07) is 4.67. The lowest BCUT2D eigenvalue weighted by Crippen LogP contribution is -2.46. The van der Waals surface area contributed by atoms with Crippen molar-refractivity contribution in [3.63, 3.8) is 0 Å². The van der Waals surface area contributed by atoms with Crippen molar-refractivity contribution in [2.75, 3.05) is 38.8 Å². The summed E-state index contributed by atoms with van der Waals surface area (Å²) in [6.07, 6.45) is -0.271. The summed E-state index contributed by atoms with van der Waals surface area (Å²) in [4.78, 5) is 0.196. The molecule has 1 fully saturated rings. The number of fused-ring (bicyclic) bond motifs is 1. The maximum absolute atomic E-state index is 12.7. The van der Waals surface area contributed by atoms with Crippen molar-refractivity contribution in [2.45, 2.75) is 11.0 Å². The maximum Gasteiger partial charge on any atom is 0.243 e. The largest absolute Gasteiger partial charge is 0.486 e. The Morgan fingerprint density at radius 3 is 2.71 bits per heavy atom. The van der Waals surface area contributed by atoms with Crippen LogP contribution in [-0.2, 0) is 14.8 Å². The van der Waals surface area contributed by atoms with Crippen LogP contribution < -0.4 is 9.47 Å². The molecular weight excluding hydrogens is 318 g/mol. The van der Waals surface area contributed by atoms with Gasteiger partial charge in [-0.05, 0) is 12.1 Å². The van der Waals surface area contributed by atoms with E-state index in [0.717, 1.165) is 0 Å². The van der Waals surface area contributed by atoms with Gasteiger partial charge in [-0.3, -0.25) is 0 Å². The van der Waals surface area contributed by atoms with Crippen molar-refractivity contribution >= 4 is 21.6 Å². The molecule has 1 aromatic rings. The second kappa shape index (κ2) is 6.00. The van der Waals surface area contributed by atoms with Gasteiger partial charge in [0.15, 0.2) is 11.5 Å². The van der Waals surface area contributed by atoms with Gasteiger partial charge in [-0.2, -0.15) is 4.31 Å². The molecule has 8 heteroatoms. The van der Waals surface area contributed by atoms with Gasteiger partial charge in [-0.15, -0.1) is 11.6 Å². The zero-order valence-electron chi connectivity index (χ0n) is 11.3. The maximum atomic E-state index is 12.7. The molecule has 0 aliphatic carbocycles. The highest BCUT2D eigenvalue weighted by molar-refractivity contribution is 7.89. The number of hydrogen-bond acceptors (Lipinski definition) is 5. The van der Waals surface area contributed by atoms with Crippen molar-refractivity contribution in [1.29, 1.82) is 0 Å². The van der Waals surface area contributed by atoms with E-state index in [9.17, 15) is 8.42 Å². The minimum atomic E-state index is -3.58. The van der Waals surface area contributed by atoms with Gasteiger partial charge < -0.3 is 14.2 Å². The van der Waals surface area contributed by atoms with Gasteiger partial charge >= 0.3 is 0 Å². The first-order chi connectivity index (χ1) is 10.1. The van der Waals surface area contributed by atoms with E-state index in [-0.39, 0.29) is 23.4 Å². The number of nitrogens with zero attached hydrogens (tertiary/aromatic N) is 1. The van der Waals surface area contributed by atoms with E-state index in [2.05, 4.69) is 0 Å². The lowest BCUT2D eigenvalue weighted by atomic mass is 10.3. The Morgan fingerprint density at radius 2 is 1.95 bits per heavy atom. The highest BCUT2D eigenvalue weighted by atomic mass is 35.5. The van der Waals surface area contributed by atoms with E-state index < -0.39 is 10.0 Å². The second-order valence-corrected chi connectivity index (χ2v) is 7.06. The first kappa shape index (κ1) is 14.9. The van der Waals surface area contributed by atoms with E-state index in [1.54, 1.807) is 6.07 Å². The number of hydrogen-bond donors (Lipinski definition) is 0. The quantitative estimate of drug-likeness (QED) is 0.775. The number of benzene rings is 1. The molecule has 0 amide bonds. The fourth-order valence-electron chi connectivity index (χ4n) is 2.34. The molecule has 0 aromatic heterocycles. The van der Waals surface area contributed by atoms with E-state index >= 15 is 0 Å². The van der Waals surface area contributed by atoms with Gasteiger partial charge in [-0.25, -0.2) is 8.42 Å². The number of alkyl halides is 1. The molecule has 0 N–H and O–H groups in total. The average Bonchev–Trinajstić information content (AvgIpc) is 2.54. The molecule has 116 valence electrons. The standard InChI is InChI=1S/C13H16ClNO5S/c14-8-10-9-15(3-4-18-10)21(16,17)11-1-2-12-13(7-11)20-6-5-19-12/h1-2,7,10H,3-6,8-9H2. The summed E-state index contributed by atoms with van der Waals surface area (Å²) in [7, 11) is -3.58. The molecule has 0 bridgehead atoms. The fourth-order valence-corrected chi connectivity index (χ4v) is 4.00. The molecule has 1 aromatic carbocycles. The van der Waals surface area contributed by atoms with Crippen LogP contribution in [0.4, 0.5) is 0 Å². The number of rotatable bonds is 3. The summed E-state index contributed by atoms with van der Waals surface area (Å²) < 4.78 is 43.0. The van der Waals surface area contributed by atoms with Crippen LogP contribution in [0.3, 0.4) is 0 Å². The van der Waals surface area contributed by atoms with Crippen molar-refractivity contribution in [2.24, 2.45) is 0 Å². The third-order valence-electron chi connectivity index (χ3n) is 3.43. The zero-order valence-corrected chi connectivity index (χ0v) is 12.9.